The number of aliphatic hydroxyl groups is 1. The first-order valence-electron chi connectivity index (χ1n) is 6.83. The number of rotatable bonds is 4. The number of aromatic nitrogens is 2. The molecule has 1 atom stereocenters. The largest absolute Gasteiger partial charge is 0.418 e. The molecule has 0 spiro atoms. The van der Waals surface area contributed by atoms with Crippen molar-refractivity contribution in [2.75, 3.05) is 0 Å². The quantitative estimate of drug-likeness (QED) is 0.815. The van der Waals surface area contributed by atoms with E-state index in [-0.39, 0.29) is 18.4 Å². The Bertz CT molecular complexity index is 676. The highest BCUT2D eigenvalue weighted by atomic mass is 19.4. The highest BCUT2D eigenvalue weighted by molar-refractivity contribution is 5.56. The number of hydrogen-bond donors (Lipinski definition) is 1. The zero-order chi connectivity index (χ0) is 18.1. The van der Waals surface area contributed by atoms with Crippen LogP contribution in [-0.2, 0) is 12.4 Å². The maximum Gasteiger partial charge on any atom is 0.416 e. The predicted octanol–water partition coefficient (Wildman–Crippen LogP) is 4.61. The minimum Gasteiger partial charge on any atom is -0.418 e. The Morgan fingerprint density at radius 1 is 1.00 bits per heavy atom. The van der Waals surface area contributed by atoms with Crippen LogP contribution in [0.5, 0.6) is 0 Å². The average molecular weight is 354 g/mol. The Morgan fingerprint density at radius 2 is 1.54 bits per heavy atom. The van der Waals surface area contributed by atoms with Gasteiger partial charge in [0.2, 0.25) is 11.8 Å². The fourth-order valence-corrected chi connectivity index (χ4v) is 1.96. The van der Waals surface area contributed by atoms with Crippen LogP contribution in [0.1, 0.15) is 42.9 Å². The lowest BCUT2D eigenvalue weighted by Crippen LogP contribution is -2.11. The van der Waals surface area contributed by atoms with Crippen LogP contribution in [0, 0.1) is 0 Å². The topological polar surface area (TPSA) is 59.2 Å². The molecule has 4 nitrogen and oxygen atoms in total. The lowest BCUT2D eigenvalue weighted by atomic mass is 10.0. The normalized spacial score (nSPS) is 14.0. The van der Waals surface area contributed by atoms with E-state index >= 15 is 0 Å². The summed E-state index contributed by atoms with van der Waals surface area (Å²) in [6.07, 6.45) is -10.2. The summed E-state index contributed by atoms with van der Waals surface area (Å²) in [6.45, 7) is 1.77. The second kappa shape index (κ2) is 6.42. The van der Waals surface area contributed by atoms with E-state index in [0.29, 0.717) is 18.6 Å². The van der Waals surface area contributed by atoms with E-state index in [4.69, 9.17) is 4.42 Å². The van der Waals surface area contributed by atoms with Crippen molar-refractivity contribution >= 4 is 0 Å². The van der Waals surface area contributed by atoms with Gasteiger partial charge in [-0.3, -0.25) is 0 Å². The van der Waals surface area contributed by atoms with E-state index < -0.39 is 41.0 Å². The SMILES string of the molecule is CCCC(O)c1nnc(-c2cc(C(F)(F)F)cc(C(F)(F)F)c2)o1. The average Bonchev–Trinajstić information content (AvgIpc) is 2.95. The summed E-state index contributed by atoms with van der Waals surface area (Å²) in [7, 11) is 0. The number of benzene rings is 1. The van der Waals surface area contributed by atoms with Gasteiger partial charge in [-0.2, -0.15) is 26.3 Å². The fourth-order valence-electron chi connectivity index (χ4n) is 1.96. The van der Waals surface area contributed by atoms with E-state index in [2.05, 4.69) is 10.2 Å². The lowest BCUT2D eigenvalue weighted by Gasteiger charge is -2.12. The Labute approximate surface area is 132 Å². The standard InChI is InChI=1S/C14H12F6N2O2/c1-2-3-10(23)12-22-21-11(24-12)7-4-8(13(15,16)17)6-9(5-7)14(18,19)20/h4-6,10,23H,2-3H2,1H3. The molecule has 24 heavy (non-hydrogen) atoms. The maximum absolute atomic E-state index is 12.8. The number of nitrogens with zero attached hydrogens (tertiary/aromatic N) is 2. The third kappa shape index (κ3) is 4.05. The van der Waals surface area contributed by atoms with E-state index in [9.17, 15) is 31.4 Å². The Hall–Kier alpha value is -2.10. The summed E-state index contributed by atoms with van der Waals surface area (Å²) < 4.78 is 81.9. The lowest BCUT2D eigenvalue weighted by molar-refractivity contribution is -0.143. The van der Waals surface area contributed by atoms with Crippen molar-refractivity contribution in [1.82, 2.24) is 10.2 Å². The molecule has 0 saturated carbocycles. The first-order chi connectivity index (χ1) is 11.0. The van der Waals surface area contributed by atoms with Gasteiger partial charge in [0.15, 0.2) is 0 Å². The van der Waals surface area contributed by atoms with Crippen LogP contribution in [0.15, 0.2) is 22.6 Å². The van der Waals surface area contributed by atoms with Gasteiger partial charge in [0.1, 0.15) is 6.10 Å². The summed E-state index contributed by atoms with van der Waals surface area (Å²) in [4.78, 5) is 0. The van der Waals surface area contributed by atoms with Crippen molar-refractivity contribution in [3.8, 4) is 11.5 Å². The number of hydrogen-bond acceptors (Lipinski definition) is 4. The highest BCUT2D eigenvalue weighted by Gasteiger charge is 2.37. The minimum atomic E-state index is -4.97. The zero-order valence-corrected chi connectivity index (χ0v) is 12.2. The number of halogens is 6. The molecule has 2 rings (SSSR count). The molecule has 0 aliphatic heterocycles. The van der Waals surface area contributed by atoms with E-state index in [1.54, 1.807) is 6.92 Å². The van der Waals surface area contributed by atoms with Crippen molar-refractivity contribution in [2.45, 2.75) is 38.2 Å². The molecule has 0 bridgehead atoms. The molecule has 1 unspecified atom stereocenters. The third-order valence-electron chi connectivity index (χ3n) is 3.12. The minimum absolute atomic E-state index is 0.00666. The van der Waals surface area contributed by atoms with E-state index in [0.717, 1.165) is 0 Å². The van der Waals surface area contributed by atoms with Crippen LogP contribution in [0.25, 0.3) is 11.5 Å². The van der Waals surface area contributed by atoms with Crippen molar-refractivity contribution in [2.24, 2.45) is 0 Å². The molecule has 0 saturated heterocycles. The van der Waals surface area contributed by atoms with Crippen LogP contribution in [0.2, 0.25) is 0 Å². The smallest absolute Gasteiger partial charge is 0.416 e. The third-order valence-corrected chi connectivity index (χ3v) is 3.12. The Morgan fingerprint density at radius 3 is 2.00 bits per heavy atom. The van der Waals surface area contributed by atoms with Crippen LogP contribution >= 0.6 is 0 Å². The molecule has 0 radical (unpaired) electrons. The van der Waals surface area contributed by atoms with Gasteiger partial charge in [-0.15, -0.1) is 10.2 Å². The number of aliphatic hydroxyl groups excluding tert-OH is 1. The second-order valence-electron chi connectivity index (χ2n) is 5.04. The predicted molar refractivity (Wildman–Crippen MR) is 69.6 cm³/mol. The highest BCUT2D eigenvalue weighted by Crippen LogP contribution is 2.38. The molecule has 1 aromatic heterocycles. The van der Waals surface area contributed by atoms with Gasteiger partial charge >= 0.3 is 12.4 Å². The van der Waals surface area contributed by atoms with Crippen LogP contribution in [0.3, 0.4) is 0 Å². The van der Waals surface area contributed by atoms with Gasteiger partial charge in [-0.05, 0) is 24.6 Å². The molecule has 0 amide bonds. The summed E-state index contributed by atoms with van der Waals surface area (Å²) >= 11 is 0. The van der Waals surface area contributed by atoms with Gasteiger partial charge in [-0.1, -0.05) is 13.3 Å². The first kappa shape index (κ1) is 18.2. The molecule has 10 heteroatoms. The van der Waals surface area contributed by atoms with Crippen molar-refractivity contribution in [1.29, 1.82) is 0 Å². The van der Waals surface area contributed by atoms with Gasteiger partial charge < -0.3 is 9.52 Å². The molecule has 0 fully saturated rings. The van der Waals surface area contributed by atoms with Gasteiger partial charge in [-0.25, -0.2) is 0 Å². The monoisotopic (exact) mass is 354 g/mol. The Balaban J connectivity index is 2.50. The number of alkyl halides is 6. The molecular weight excluding hydrogens is 342 g/mol. The molecule has 1 heterocycles. The molecule has 0 aliphatic carbocycles. The van der Waals surface area contributed by atoms with Crippen molar-refractivity contribution < 1.29 is 35.9 Å². The molecule has 1 N–H and O–H groups in total. The van der Waals surface area contributed by atoms with Crippen molar-refractivity contribution in [3.63, 3.8) is 0 Å². The van der Waals surface area contributed by atoms with Crippen LogP contribution in [-0.4, -0.2) is 15.3 Å². The molecule has 132 valence electrons. The van der Waals surface area contributed by atoms with Crippen molar-refractivity contribution in [3.05, 3.63) is 35.2 Å². The van der Waals surface area contributed by atoms with Gasteiger partial charge in [0.25, 0.3) is 0 Å². The van der Waals surface area contributed by atoms with Crippen LogP contribution in [0.4, 0.5) is 26.3 Å². The maximum atomic E-state index is 12.8. The van der Waals surface area contributed by atoms with Crippen LogP contribution < -0.4 is 0 Å². The van der Waals surface area contributed by atoms with Gasteiger partial charge in [0, 0.05) is 5.56 Å². The van der Waals surface area contributed by atoms with E-state index in [1.165, 1.54) is 0 Å². The van der Waals surface area contributed by atoms with E-state index in [1.807, 2.05) is 0 Å². The molecule has 1 aromatic carbocycles. The fraction of sp³-hybridized carbons (Fsp3) is 0.429. The molecular formula is C14H12F6N2O2. The Kier molecular flexibility index (Phi) is 4.88. The van der Waals surface area contributed by atoms with Gasteiger partial charge in [0.05, 0.1) is 11.1 Å². The molecule has 2 aromatic rings. The summed E-state index contributed by atoms with van der Waals surface area (Å²) in [5.41, 5.74) is -3.50. The first-order valence-corrected chi connectivity index (χ1v) is 6.83. The summed E-state index contributed by atoms with van der Waals surface area (Å²) in [5, 5.41) is 16.6. The summed E-state index contributed by atoms with van der Waals surface area (Å²) in [6, 6.07) is 0.976. The molecule has 0 aliphatic rings. The zero-order valence-electron chi connectivity index (χ0n) is 12.2. The second-order valence-corrected chi connectivity index (χ2v) is 5.04. The summed E-state index contributed by atoms with van der Waals surface area (Å²) in [5.74, 6) is -0.797.